The summed E-state index contributed by atoms with van der Waals surface area (Å²) in [7, 11) is 1.93. The molecule has 0 aliphatic rings. The first kappa shape index (κ1) is 14.5. The molecular weight excluding hydrogens is 253 g/mol. The van der Waals surface area contributed by atoms with Crippen LogP contribution in [0.4, 0.5) is 15.9 Å². The van der Waals surface area contributed by atoms with Crippen molar-refractivity contribution in [2.24, 2.45) is 0 Å². The number of pyridine rings is 1. The van der Waals surface area contributed by atoms with Crippen molar-refractivity contribution in [3.05, 3.63) is 54.0 Å². The average Bonchev–Trinajstić information content (AvgIpc) is 2.45. The van der Waals surface area contributed by atoms with E-state index in [0.29, 0.717) is 6.04 Å². The highest BCUT2D eigenvalue weighted by molar-refractivity contribution is 5.58. The van der Waals surface area contributed by atoms with Crippen molar-refractivity contribution in [3.63, 3.8) is 0 Å². The van der Waals surface area contributed by atoms with Crippen LogP contribution in [0.2, 0.25) is 0 Å². The smallest absolute Gasteiger partial charge is 0.133 e. The number of benzene rings is 1. The van der Waals surface area contributed by atoms with E-state index in [2.05, 4.69) is 24.1 Å². The molecule has 20 heavy (non-hydrogen) atoms. The number of hydrogen-bond acceptors (Lipinski definition) is 3. The molecule has 0 aliphatic carbocycles. The molecule has 1 aromatic heterocycles. The molecule has 1 aromatic carbocycles. The predicted octanol–water partition coefficient (Wildman–Crippen LogP) is 3.49. The number of anilines is 2. The van der Waals surface area contributed by atoms with Gasteiger partial charge in [0.25, 0.3) is 0 Å². The van der Waals surface area contributed by atoms with Crippen LogP contribution in [0.5, 0.6) is 0 Å². The van der Waals surface area contributed by atoms with Gasteiger partial charge in [0.2, 0.25) is 0 Å². The van der Waals surface area contributed by atoms with E-state index < -0.39 is 0 Å². The largest absolute Gasteiger partial charge is 0.329 e. The van der Waals surface area contributed by atoms with Crippen LogP contribution in [0.25, 0.3) is 0 Å². The Hall–Kier alpha value is -1.94. The van der Waals surface area contributed by atoms with Gasteiger partial charge in [-0.25, -0.2) is 9.37 Å². The highest BCUT2D eigenvalue weighted by atomic mass is 19.1. The van der Waals surface area contributed by atoms with Gasteiger partial charge in [0.05, 0.1) is 5.69 Å². The van der Waals surface area contributed by atoms with Crippen LogP contribution in [0.1, 0.15) is 19.5 Å². The maximum Gasteiger partial charge on any atom is 0.133 e. The van der Waals surface area contributed by atoms with Gasteiger partial charge in [0.1, 0.15) is 11.6 Å². The zero-order valence-electron chi connectivity index (χ0n) is 12.1. The Kier molecular flexibility index (Phi) is 4.69. The number of hydrogen-bond donors (Lipinski definition) is 1. The minimum absolute atomic E-state index is 0.231. The fourth-order valence-corrected chi connectivity index (χ4v) is 1.86. The molecule has 0 spiro atoms. The van der Waals surface area contributed by atoms with Crippen molar-refractivity contribution < 1.29 is 4.39 Å². The summed E-state index contributed by atoms with van der Waals surface area (Å²) in [6.07, 6.45) is 0. The quantitative estimate of drug-likeness (QED) is 0.904. The Labute approximate surface area is 119 Å². The normalized spacial score (nSPS) is 10.8. The second-order valence-corrected chi connectivity index (χ2v) is 5.06. The van der Waals surface area contributed by atoms with Crippen molar-refractivity contribution in [3.8, 4) is 0 Å². The molecule has 0 fully saturated rings. The summed E-state index contributed by atoms with van der Waals surface area (Å²) >= 11 is 0. The molecule has 0 saturated heterocycles. The molecule has 3 nitrogen and oxygen atoms in total. The molecule has 4 heteroatoms. The van der Waals surface area contributed by atoms with Crippen molar-refractivity contribution in [2.75, 3.05) is 11.9 Å². The van der Waals surface area contributed by atoms with E-state index in [9.17, 15) is 4.39 Å². The monoisotopic (exact) mass is 273 g/mol. The highest BCUT2D eigenvalue weighted by Crippen LogP contribution is 2.21. The summed E-state index contributed by atoms with van der Waals surface area (Å²) < 4.78 is 13.0. The van der Waals surface area contributed by atoms with E-state index in [1.54, 1.807) is 12.1 Å². The van der Waals surface area contributed by atoms with E-state index >= 15 is 0 Å². The summed E-state index contributed by atoms with van der Waals surface area (Å²) in [5.74, 6) is 0.615. The first-order valence-electron chi connectivity index (χ1n) is 6.75. The van der Waals surface area contributed by atoms with Gasteiger partial charge in [0, 0.05) is 25.3 Å². The van der Waals surface area contributed by atoms with Gasteiger partial charge in [-0.2, -0.15) is 0 Å². The lowest BCUT2D eigenvalue weighted by Gasteiger charge is -2.19. The van der Waals surface area contributed by atoms with Crippen LogP contribution in [-0.2, 0) is 6.54 Å². The summed E-state index contributed by atoms with van der Waals surface area (Å²) in [5, 5.41) is 3.34. The fraction of sp³-hybridized carbons (Fsp3) is 0.312. The maximum atomic E-state index is 13.0. The van der Waals surface area contributed by atoms with Gasteiger partial charge in [-0.05, 0) is 36.4 Å². The standard InChI is InChI=1S/C16H20FN3/c1-12(2)18-11-14-5-4-6-16(19-14)20(3)15-9-7-13(17)8-10-15/h4-10,12,18H,11H2,1-3H3. The molecular formula is C16H20FN3. The molecule has 2 aromatic rings. The van der Waals surface area contributed by atoms with E-state index in [4.69, 9.17) is 0 Å². The molecule has 0 amide bonds. The van der Waals surface area contributed by atoms with Crippen LogP contribution in [-0.4, -0.2) is 18.1 Å². The summed E-state index contributed by atoms with van der Waals surface area (Å²) in [6, 6.07) is 12.8. The lowest BCUT2D eigenvalue weighted by Crippen LogP contribution is -2.22. The number of halogens is 1. The zero-order chi connectivity index (χ0) is 14.5. The van der Waals surface area contributed by atoms with Crippen LogP contribution < -0.4 is 10.2 Å². The van der Waals surface area contributed by atoms with E-state index in [1.807, 2.05) is 30.1 Å². The highest BCUT2D eigenvalue weighted by Gasteiger charge is 2.06. The number of aromatic nitrogens is 1. The lowest BCUT2D eigenvalue weighted by atomic mass is 10.2. The van der Waals surface area contributed by atoms with Gasteiger partial charge >= 0.3 is 0 Å². The zero-order valence-corrected chi connectivity index (χ0v) is 12.1. The second-order valence-electron chi connectivity index (χ2n) is 5.06. The third-order valence-corrected chi connectivity index (χ3v) is 3.04. The molecule has 2 rings (SSSR count). The fourth-order valence-electron chi connectivity index (χ4n) is 1.86. The third-order valence-electron chi connectivity index (χ3n) is 3.04. The maximum absolute atomic E-state index is 13.0. The summed E-state index contributed by atoms with van der Waals surface area (Å²) in [6.45, 7) is 4.95. The van der Waals surface area contributed by atoms with Crippen molar-refractivity contribution in [2.45, 2.75) is 26.4 Å². The van der Waals surface area contributed by atoms with Crippen LogP contribution in [0.3, 0.4) is 0 Å². The first-order chi connectivity index (χ1) is 9.56. The average molecular weight is 273 g/mol. The van der Waals surface area contributed by atoms with Gasteiger partial charge in [-0.1, -0.05) is 19.9 Å². The Balaban J connectivity index is 2.15. The second kappa shape index (κ2) is 6.48. The molecule has 0 bridgehead atoms. The van der Waals surface area contributed by atoms with Gasteiger partial charge < -0.3 is 10.2 Å². The van der Waals surface area contributed by atoms with E-state index in [-0.39, 0.29) is 5.82 Å². The molecule has 0 radical (unpaired) electrons. The molecule has 1 N–H and O–H groups in total. The first-order valence-corrected chi connectivity index (χ1v) is 6.75. The van der Waals surface area contributed by atoms with Gasteiger partial charge in [-0.15, -0.1) is 0 Å². The Bertz CT molecular complexity index is 552. The van der Waals surface area contributed by atoms with Crippen molar-refractivity contribution in [1.82, 2.24) is 10.3 Å². The minimum Gasteiger partial charge on any atom is -0.329 e. The van der Waals surface area contributed by atoms with Crippen LogP contribution in [0.15, 0.2) is 42.5 Å². The number of nitrogens with one attached hydrogen (secondary N) is 1. The predicted molar refractivity (Wildman–Crippen MR) is 80.7 cm³/mol. The van der Waals surface area contributed by atoms with E-state index in [0.717, 1.165) is 23.7 Å². The molecule has 0 aliphatic heterocycles. The van der Waals surface area contributed by atoms with Crippen molar-refractivity contribution in [1.29, 1.82) is 0 Å². The molecule has 106 valence electrons. The van der Waals surface area contributed by atoms with Crippen LogP contribution in [0, 0.1) is 5.82 Å². The summed E-state index contributed by atoms with van der Waals surface area (Å²) in [4.78, 5) is 6.56. The minimum atomic E-state index is -0.231. The van der Waals surface area contributed by atoms with E-state index in [1.165, 1.54) is 12.1 Å². The Morgan fingerprint density at radius 2 is 1.85 bits per heavy atom. The topological polar surface area (TPSA) is 28.2 Å². The van der Waals surface area contributed by atoms with Gasteiger partial charge in [0.15, 0.2) is 0 Å². The SMILES string of the molecule is CC(C)NCc1cccc(N(C)c2ccc(F)cc2)n1. The lowest BCUT2D eigenvalue weighted by molar-refractivity contribution is 0.581. The Morgan fingerprint density at radius 3 is 2.50 bits per heavy atom. The number of rotatable bonds is 5. The Morgan fingerprint density at radius 1 is 1.15 bits per heavy atom. The molecule has 1 heterocycles. The molecule has 0 atom stereocenters. The molecule has 0 unspecified atom stereocenters. The summed E-state index contributed by atoms with van der Waals surface area (Å²) in [5.41, 5.74) is 1.90. The molecule has 0 saturated carbocycles. The van der Waals surface area contributed by atoms with Crippen LogP contribution >= 0.6 is 0 Å². The van der Waals surface area contributed by atoms with Crippen molar-refractivity contribution >= 4 is 11.5 Å². The van der Waals surface area contributed by atoms with Gasteiger partial charge in [-0.3, -0.25) is 0 Å². The third kappa shape index (κ3) is 3.78. The number of nitrogens with zero attached hydrogens (tertiary/aromatic N) is 2.